The zero-order valence-corrected chi connectivity index (χ0v) is 10.3. The van der Waals surface area contributed by atoms with E-state index < -0.39 is 0 Å². The third-order valence-electron chi connectivity index (χ3n) is 3.05. The van der Waals surface area contributed by atoms with Gasteiger partial charge >= 0.3 is 0 Å². The predicted molar refractivity (Wildman–Crippen MR) is 76.0 cm³/mol. The number of aromatic nitrogens is 2. The van der Waals surface area contributed by atoms with Crippen LogP contribution in [0.1, 0.15) is 5.56 Å². The van der Waals surface area contributed by atoms with Crippen LogP contribution in [-0.2, 0) is 6.54 Å². The topological polar surface area (TPSA) is 60.9 Å². The van der Waals surface area contributed by atoms with Gasteiger partial charge < -0.3 is 5.73 Å². The van der Waals surface area contributed by atoms with E-state index >= 15 is 0 Å². The fraction of sp³-hybridized carbons (Fsp3) is 0.0667. The number of hydrogen-bond donors (Lipinski definition) is 1. The Labute approximate surface area is 110 Å². The van der Waals surface area contributed by atoms with Gasteiger partial charge in [0, 0.05) is 11.1 Å². The Hall–Kier alpha value is -2.62. The maximum absolute atomic E-state index is 11.7. The first-order valence-corrected chi connectivity index (χ1v) is 6.03. The summed E-state index contributed by atoms with van der Waals surface area (Å²) in [6.45, 7) is 0.589. The monoisotopic (exact) mass is 251 g/mol. The highest BCUT2D eigenvalue weighted by Crippen LogP contribution is 2.12. The van der Waals surface area contributed by atoms with Gasteiger partial charge in [-0.2, -0.15) is 5.10 Å². The van der Waals surface area contributed by atoms with Crippen molar-refractivity contribution >= 4 is 16.6 Å². The van der Waals surface area contributed by atoms with Gasteiger partial charge in [-0.3, -0.25) is 9.48 Å². The molecule has 0 bridgehead atoms. The molecular weight excluding hydrogens is 238 g/mol. The smallest absolute Gasteiger partial charge is 0.207 e. The second kappa shape index (κ2) is 4.57. The first-order chi connectivity index (χ1) is 9.24. The van der Waals surface area contributed by atoms with E-state index in [0.717, 1.165) is 16.8 Å². The highest BCUT2D eigenvalue weighted by atomic mass is 16.1. The number of nitrogens with two attached hydrogens (primary N) is 1. The van der Waals surface area contributed by atoms with Gasteiger partial charge in [0.2, 0.25) is 5.43 Å². The van der Waals surface area contributed by atoms with E-state index in [1.807, 2.05) is 53.2 Å². The van der Waals surface area contributed by atoms with E-state index in [4.69, 9.17) is 5.73 Å². The number of benzene rings is 2. The highest BCUT2D eigenvalue weighted by Gasteiger charge is 2.04. The van der Waals surface area contributed by atoms with Crippen molar-refractivity contribution in [3.05, 3.63) is 70.5 Å². The molecule has 1 heterocycles. The molecule has 0 fully saturated rings. The predicted octanol–water partition coefficient (Wildman–Crippen LogP) is 2.03. The number of hydrogen-bond acceptors (Lipinski definition) is 3. The van der Waals surface area contributed by atoms with E-state index in [2.05, 4.69) is 5.10 Å². The standard InChI is InChI=1S/C15H13N3O/c16-12-5-3-4-11(8-12)10-18-14-7-2-1-6-13(14)15(19)9-17-18/h1-9H,10,16H2. The van der Waals surface area contributed by atoms with Crippen molar-refractivity contribution in [1.29, 1.82) is 0 Å². The minimum Gasteiger partial charge on any atom is -0.399 e. The number of nitrogen functional groups attached to an aromatic ring is 1. The van der Waals surface area contributed by atoms with Crippen molar-refractivity contribution in [2.75, 3.05) is 5.73 Å². The molecule has 0 unspecified atom stereocenters. The van der Waals surface area contributed by atoms with Crippen molar-refractivity contribution in [2.45, 2.75) is 6.54 Å². The summed E-state index contributed by atoms with van der Waals surface area (Å²) in [4.78, 5) is 11.7. The van der Waals surface area contributed by atoms with E-state index in [9.17, 15) is 4.79 Å². The molecule has 3 rings (SSSR count). The lowest BCUT2D eigenvalue weighted by atomic mass is 10.2. The fourth-order valence-electron chi connectivity index (χ4n) is 2.15. The lowest BCUT2D eigenvalue weighted by molar-refractivity contribution is 0.695. The second-order valence-corrected chi connectivity index (χ2v) is 4.43. The molecule has 0 aliphatic carbocycles. The van der Waals surface area contributed by atoms with Crippen molar-refractivity contribution in [3.63, 3.8) is 0 Å². The molecular formula is C15H13N3O. The molecule has 2 aromatic carbocycles. The van der Waals surface area contributed by atoms with Gasteiger partial charge in [0.1, 0.15) is 0 Å². The lowest BCUT2D eigenvalue weighted by Crippen LogP contribution is -2.12. The first kappa shape index (κ1) is 11.5. The summed E-state index contributed by atoms with van der Waals surface area (Å²) in [5.41, 5.74) is 8.33. The molecule has 0 aliphatic heterocycles. The molecule has 4 heteroatoms. The maximum Gasteiger partial charge on any atom is 0.207 e. The zero-order chi connectivity index (χ0) is 13.2. The van der Waals surface area contributed by atoms with Crippen LogP contribution in [0.5, 0.6) is 0 Å². The van der Waals surface area contributed by atoms with Gasteiger partial charge in [-0.15, -0.1) is 0 Å². The van der Waals surface area contributed by atoms with Gasteiger partial charge in [-0.05, 0) is 29.8 Å². The molecule has 0 aliphatic rings. The molecule has 19 heavy (non-hydrogen) atoms. The Morgan fingerprint density at radius 3 is 2.79 bits per heavy atom. The van der Waals surface area contributed by atoms with Crippen LogP contribution in [0.15, 0.2) is 59.5 Å². The Morgan fingerprint density at radius 2 is 1.95 bits per heavy atom. The molecule has 0 atom stereocenters. The van der Waals surface area contributed by atoms with Crippen LogP contribution < -0.4 is 11.2 Å². The minimum absolute atomic E-state index is 0.0561. The molecule has 94 valence electrons. The number of fused-ring (bicyclic) bond motifs is 1. The number of anilines is 1. The average Bonchev–Trinajstić information content (AvgIpc) is 2.42. The first-order valence-electron chi connectivity index (χ1n) is 6.03. The van der Waals surface area contributed by atoms with Crippen molar-refractivity contribution in [2.24, 2.45) is 0 Å². The molecule has 0 saturated carbocycles. The molecule has 1 aromatic heterocycles. The Kier molecular flexibility index (Phi) is 2.76. The second-order valence-electron chi connectivity index (χ2n) is 4.43. The van der Waals surface area contributed by atoms with E-state index in [1.54, 1.807) is 0 Å². The third kappa shape index (κ3) is 2.20. The largest absolute Gasteiger partial charge is 0.399 e. The summed E-state index contributed by atoms with van der Waals surface area (Å²) in [7, 11) is 0. The van der Waals surface area contributed by atoms with E-state index in [1.165, 1.54) is 6.20 Å². The SMILES string of the molecule is Nc1cccc(Cn2ncc(=O)c3ccccc32)c1. The maximum atomic E-state index is 11.7. The molecule has 0 saturated heterocycles. The lowest BCUT2D eigenvalue weighted by Gasteiger charge is -2.09. The van der Waals surface area contributed by atoms with Crippen LogP contribution in [0.4, 0.5) is 5.69 Å². The molecule has 0 amide bonds. The van der Waals surface area contributed by atoms with Crippen molar-refractivity contribution in [1.82, 2.24) is 9.78 Å². The minimum atomic E-state index is -0.0561. The summed E-state index contributed by atoms with van der Waals surface area (Å²) >= 11 is 0. The van der Waals surface area contributed by atoms with Crippen LogP contribution in [0, 0.1) is 0 Å². The van der Waals surface area contributed by atoms with Crippen LogP contribution in [0.25, 0.3) is 10.9 Å². The van der Waals surface area contributed by atoms with Gasteiger partial charge in [0.25, 0.3) is 0 Å². The van der Waals surface area contributed by atoms with Crippen LogP contribution in [0.2, 0.25) is 0 Å². The van der Waals surface area contributed by atoms with Crippen LogP contribution >= 0.6 is 0 Å². The van der Waals surface area contributed by atoms with Gasteiger partial charge in [0.15, 0.2) is 0 Å². The van der Waals surface area contributed by atoms with Crippen molar-refractivity contribution < 1.29 is 0 Å². The molecule has 0 spiro atoms. The summed E-state index contributed by atoms with van der Waals surface area (Å²) in [5, 5.41) is 4.88. The summed E-state index contributed by atoms with van der Waals surface area (Å²) < 4.78 is 1.81. The Balaban J connectivity index is 2.11. The number of nitrogens with zero attached hydrogens (tertiary/aromatic N) is 2. The Morgan fingerprint density at radius 1 is 1.11 bits per heavy atom. The molecule has 4 nitrogen and oxygen atoms in total. The van der Waals surface area contributed by atoms with Crippen molar-refractivity contribution in [3.8, 4) is 0 Å². The van der Waals surface area contributed by atoms with Gasteiger partial charge in [-0.25, -0.2) is 0 Å². The summed E-state index contributed by atoms with van der Waals surface area (Å²) in [6.07, 6.45) is 1.36. The normalized spacial score (nSPS) is 10.7. The number of para-hydroxylation sites is 1. The summed E-state index contributed by atoms with van der Waals surface area (Å²) in [6, 6.07) is 15.1. The van der Waals surface area contributed by atoms with Gasteiger partial charge in [0.05, 0.1) is 18.3 Å². The van der Waals surface area contributed by atoms with E-state index in [-0.39, 0.29) is 5.43 Å². The quantitative estimate of drug-likeness (QED) is 0.709. The van der Waals surface area contributed by atoms with E-state index in [0.29, 0.717) is 11.9 Å². The molecule has 0 radical (unpaired) electrons. The summed E-state index contributed by atoms with van der Waals surface area (Å²) in [5.74, 6) is 0. The molecule has 2 N–H and O–H groups in total. The zero-order valence-electron chi connectivity index (χ0n) is 10.3. The third-order valence-corrected chi connectivity index (χ3v) is 3.05. The van der Waals surface area contributed by atoms with Gasteiger partial charge in [-0.1, -0.05) is 24.3 Å². The van der Waals surface area contributed by atoms with Crippen LogP contribution in [-0.4, -0.2) is 9.78 Å². The van der Waals surface area contributed by atoms with Crippen LogP contribution in [0.3, 0.4) is 0 Å². The average molecular weight is 251 g/mol. The number of rotatable bonds is 2. The fourth-order valence-corrected chi connectivity index (χ4v) is 2.15. The Bertz CT molecular complexity index is 792. The highest BCUT2D eigenvalue weighted by molar-refractivity contribution is 5.78. The molecule has 3 aromatic rings.